The average molecular weight is 432 g/mol. The molecule has 0 bridgehead atoms. The van der Waals surface area contributed by atoms with Crippen molar-refractivity contribution in [3.8, 4) is 6.07 Å². The van der Waals surface area contributed by atoms with Gasteiger partial charge in [-0.1, -0.05) is 23.8 Å². The van der Waals surface area contributed by atoms with Crippen LogP contribution >= 0.6 is 12.6 Å². The van der Waals surface area contributed by atoms with Gasteiger partial charge >= 0.3 is 0 Å². The van der Waals surface area contributed by atoms with Crippen LogP contribution in [-0.2, 0) is 6.42 Å². The third-order valence-electron chi connectivity index (χ3n) is 3.47. The van der Waals surface area contributed by atoms with Crippen molar-refractivity contribution in [3.63, 3.8) is 0 Å². The number of thiol groups is 1. The van der Waals surface area contributed by atoms with E-state index in [-0.39, 0.29) is 18.1 Å². The zero-order valence-electron chi connectivity index (χ0n) is 18.1. The number of hydrogen-bond acceptors (Lipinski definition) is 5. The van der Waals surface area contributed by atoms with Crippen LogP contribution in [0.15, 0.2) is 51.3 Å². The Kier molecular flexibility index (Phi) is 13.8. The zero-order valence-corrected chi connectivity index (χ0v) is 19.0. The number of amidine groups is 2. The SMILES string of the molecule is CC#N.CNC.Cc1ccc(C)c(CC(N=C(N)CO)=Nc2ccc(S)cc2F)c1. The Balaban J connectivity index is 0.00000125. The van der Waals surface area contributed by atoms with Crippen molar-refractivity contribution < 1.29 is 9.50 Å². The van der Waals surface area contributed by atoms with Crippen LogP contribution in [0.1, 0.15) is 23.6 Å². The third kappa shape index (κ3) is 10.7. The van der Waals surface area contributed by atoms with Gasteiger partial charge in [0, 0.05) is 18.2 Å². The number of nitriles is 1. The molecule has 0 saturated heterocycles. The summed E-state index contributed by atoms with van der Waals surface area (Å²) >= 11 is 4.10. The summed E-state index contributed by atoms with van der Waals surface area (Å²) in [5.41, 5.74) is 8.99. The van der Waals surface area contributed by atoms with Gasteiger partial charge in [-0.25, -0.2) is 14.4 Å². The summed E-state index contributed by atoms with van der Waals surface area (Å²) in [7, 11) is 3.75. The fourth-order valence-electron chi connectivity index (χ4n) is 2.19. The van der Waals surface area contributed by atoms with E-state index in [0.29, 0.717) is 17.2 Å². The highest BCUT2D eigenvalue weighted by atomic mass is 32.1. The zero-order chi connectivity index (χ0) is 23.1. The van der Waals surface area contributed by atoms with E-state index in [9.17, 15) is 4.39 Å². The topological polar surface area (TPSA) is 107 Å². The quantitative estimate of drug-likeness (QED) is 0.336. The summed E-state index contributed by atoms with van der Waals surface area (Å²) in [5.74, 6) is -0.120. The van der Waals surface area contributed by atoms with Crippen LogP contribution in [0.5, 0.6) is 0 Å². The first-order valence-corrected chi connectivity index (χ1v) is 9.62. The first kappa shape index (κ1) is 27.3. The first-order chi connectivity index (χ1) is 14.2. The summed E-state index contributed by atoms with van der Waals surface area (Å²) in [6.45, 7) is 5.03. The maximum atomic E-state index is 14.0. The van der Waals surface area contributed by atoms with Gasteiger partial charge in [0.2, 0.25) is 0 Å². The molecule has 0 aliphatic heterocycles. The second-order valence-electron chi connectivity index (χ2n) is 6.26. The van der Waals surface area contributed by atoms with Gasteiger partial charge in [0.1, 0.15) is 29.8 Å². The Morgan fingerprint density at radius 1 is 1.23 bits per heavy atom. The molecule has 162 valence electrons. The molecule has 0 unspecified atom stereocenters. The van der Waals surface area contributed by atoms with Crippen LogP contribution in [0.2, 0.25) is 0 Å². The van der Waals surface area contributed by atoms with Crippen molar-refractivity contribution in [2.75, 3.05) is 20.7 Å². The first-order valence-electron chi connectivity index (χ1n) is 9.17. The normalized spacial score (nSPS) is 10.9. The Morgan fingerprint density at radius 3 is 2.37 bits per heavy atom. The summed E-state index contributed by atoms with van der Waals surface area (Å²) in [4.78, 5) is 8.93. The van der Waals surface area contributed by atoms with E-state index in [1.54, 1.807) is 12.1 Å². The van der Waals surface area contributed by atoms with Gasteiger partial charge < -0.3 is 16.2 Å². The maximum absolute atomic E-state index is 14.0. The predicted octanol–water partition coefficient (Wildman–Crippen LogP) is 3.72. The molecule has 2 aromatic rings. The molecule has 0 saturated carbocycles. The van der Waals surface area contributed by atoms with Crippen molar-refractivity contribution in [3.05, 3.63) is 58.9 Å². The van der Waals surface area contributed by atoms with Gasteiger partial charge in [-0.3, -0.25) is 0 Å². The number of rotatable bonds is 4. The summed E-state index contributed by atoms with van der Waals surface area (Å²) in [6.07, 6.45) is 0.385. The molecule has 0 fully saturated rings. The number of halogens is 1. The van der Waals surface area contributed by atoms with Crippen LogP contribution < -0.4 is 11.1 Å². The lowest BCUT2D eigenvalue weighted by molar-refractivity contribution is 0.356. The van der Waals surface area contributed by atoms with Crippen molar-refractivity contribution in [2.24, 2.45) is 15.7 Å². The lowest BCUT2D eigenvalue weighted by atomic mass is 10.0. The third-order valence-corrected chi connectivity index (χ3v) is 3.75. The highest BCUT2D eigenvalue weighted by Crippen LogP contribution is 2.22. The van der Waals surface area contributed by atoms with E-state index in [4.69, 9.17) is 16.1 Å². The average Bonchev–Trinajstić information content (AvgIpc) is 2.68. The minimum atomic E-state index is -0.487. The molecule has 6 nitrogen and oxygen atoms in total. The molecule has 0 amide bonds. The number of hydrogen-bond donors (Lipinski definition) is 4. The van der Waals surface area contributed by atoms with Crippen molar-refractivity contribution in [1.82, 2.24) is 5.32 Å². The molecular weight excluding hydrogens is 401 g/mol. The number of nitrogens with one attached hydrogen (secondary N) is 1. The second-order valence-corrected chi connectivity index (χ2v) is 6.77. The largest absolute Gasteiger partial charge is 0.388 e. The Morgan fingerprint density at radius 2 is 1.83 bits per heavy atom. The van der Waals surface area contributed by atoms with Crippen LogP contribution in [0.4, 0.5) is 10.1 Å². The van der Waals surface area contributed by atoms with E-state index in [1.165, 1.54) is 19.1 Å². The fraction of sp³-hybridized carbons (Fsp3) is 0.318. The van der Waals surface area contributed by atoms with E-state index < -0.39 is 5.82 Å². The molecule has 2 aromatic carbocycles. The van der Waals surface area contributed by atoms with Crippen LogP contribution in [0.3, 0.4) is 0 Å². The van der Waals surface area contributed by atoms with E-state index >= 15 is 0 Å². The lowest BCUT2D eigenvalue weighted by Gasteiger charge is -2.08. The number of nitrogens with two attached hydrogens (primary N) is 1. The molecule has 0 heterocycles. The van der Waals surface area contributed by atoms with Crippen molar-refractivity contribution in [2.45, 2.75) is 32.1 Å². The number of aliphatic imine (C=N–C) groups is 2. The molecular formula is C22H30FN5OS. The Labute approximate surface area is 183 Å². The van der Waals surface area contributed by atoms with Gasteiger partial charge in [-0.15, -0.1) is 12.6 Å². The Hall–Kier alpha value is -2.73. The number of benzene rings is 2. The monoisotopic (exact) mass is 431 g/mol. The molecule has 4 N–H and O–H groups in total. The standard InChI is InChI=1S/C18H20FN3OS.C2H7N.C2H3N/c1-11-3-4-12(2)13(7-11)8-18(22-17(20)10-23)21-16-6-5-14(24)9-15(16)19;1-3-2;1-2-3/h3-7,9,23-24H,8,10H2,1-2H3,(H2,20,21,22);3H,1-2H3;1H3. The molecule has 0 aromatic heterocycles. The van der Waals surface area contributed by atoms with E-state index in [2.05, 4.69) is 27.9 Å². The van der Waals surface area contributed by atoms with E-state index in [0.717, 1.165) is 16.7 Å². The Bertz CT molecular complexity index is 907. The summed E-state index contributed by atoms with van der Waals surface area (Å²) < 4.78 is 14.0. The number of nitrogens with zero attached hydrogens (tertiary/aromatic N) is 3. The van der Waals surface area contributed by atoms with Gasteiger partial charge in [0.05, 0.1) is 6.07 Å². The van der Waals surface area contributed by atoms with Gasteiger partial charge in [0.15, 0.2) is 0 Å². The minimum Gasteiger partial charge on any atom is -0.388 e. The molecule has 0 aliphatic rings. The molecule has 0 spiro atoms. The predicted molar refractivity (Wildman–Crippen MR) is 125 cm³/mol. The number of aryl methyl sites for hydroxylation is 2. The van der Waals surface area contributed by atoms with Gasteiger partial charge in [-0.05, 0) is 57.3 Å². The maximum Gasteiger partial charge on any atom is 0.149 e. The lowest BCUT2D eigenvalue weighted by Crippen LogP contribution is -2.19. The molecule has 8 heteroatoms. The smallest absolute Gasteiger partial charge is 0.149 e. The van der Waals surface area contributed by atoms with Gasteiger partial charge in [-0.2, -0.15) is 5.26 Å². The highest BCUT2D eigenvalue weighted by molar-refractivity contribution is 7.80. The fourth-order valence-corrected chi connectivity index (χ4v) is 2.38. The molecule has 0 atom stereocenters. The molecule has 30 heavy (non-hydrogen) atoms. The summed E-state index contributed by atoms with van der Waals surface area (Å²) in [5, 5.41) is 19.2. The van der Waals surface area contributed by atoms with Crippen molar-refractivity contribution in [1.29, 1.82) is 5.26 Å². The molecule has 2 rings (SSSR count). The summed E-state index contributed by atoms with van der Waals surface area (Å²) in [6, 6.07) is 12.3. The van der Waals surface area contributed by atoms with Crippen LogP contribution in [-0.4, -0.2) is 37.5 Å². The van der Waals surface area contributed by atoms with E-state index in [1.807, 2.05) is 46.1 Å². The second kappa shape index (κ2) is 15.2. The number of aliphatic hydroxyl groups is 1. The van der Waals surface area contributed by atoms with Gasteiger partial charge in [0.25, 0.3) is 0 Å². The van der Waals surface area contributed by atoms with Crippen LogP contribution in [0.25, 0.3) is 0 Å². The number of aliphatic hydroxyl groups excluding tert-OH is 1. The van der Waals surface area contributed by atoms with Crippen LogP contribution in [0, 0.1) is 31.0 Å². The van der Waals surface area contributed by atoms with Crippen molar-refractivity contribution >= 4 is 30.0 Å². The highest BCUT2D eigenvalue weighted by Gasteiger charge is 2.08. The molecule has 0 aliphatic carbocycles. The molecule has 0 radical (unpaired) electrons. The minimum absolute atomic E-state index is 0.0327.